The van der Waals surface area contributed by atoms with E-state index < -0.39 is 25.0 Å². The summed E-state index contributed by atoms with van der Waals surface area (Å²) in [5.41, 5.74) is 0.201. The van der Waals surface area contributed by atoms with Crippen LogP contribution in [0.25, 0.3) is 0 Å². The fourth-order valence-corrected chi connectivity index (χ4v) is 1.40. The Morgan fingerprint density at radius 3 is 2.39 bits per heavy atom. The van der Waals surface area contributed by atoms with Crippen LogP contribution in [-0.4, -0.2) is 18.9 Å². The van der Waals surface area contributed by atoms with E-state index in [0.29, 0.717) is 0 Å². The molecule has 1 N–H and O–H groups in total. The number of hydrogen-bond acceptors (Lipinski definition) is 2. The smallest absolute Gasteiger partial charge is 0.387 e. The number of carbonyl (C=O) groups is 1. The van der Waals surface area contributed by atoms with Crippen LogP contribution in [0.5, 0.6) is 5.75 Å². The number of halogens is 4. The predicted octanol–water partition coefficient (Wildman–Crippen LogP) is 2.73. The number of rotatable bonds is 5. The maximum Gasteiger partial charge on any atom is 0.387 e. The van der Waals surface area contributed by atoms with Gasteiger partial charge in [0.1, 0.15) is 5.75 Å². The van der Waals surface area contributed by atoms with E-state index in [1.54, 1.807) is 0 Å². The first-order valence-electron chi connectivity index (χ1n) is 5.04. The highest BCUT2D eigenvalue weighted by atomic mass is 19.3. The summed E-state index contributed by atoms with van der Waals surface area (Å²) in [6, 6.07) is 4.81. The van der Waals surface area contributed by atoms with Crippen molar-refractivity contribution in [2.24, 2.45) is 0 Å². The average molecular weight is 265 g/mol. The van der Waals surface area contributed by atoms with Gasteiger partial charge >= 0.3 is 13.0 Å². The van der Waals surface area contributed by atoms with Crippen LogP contribution in [0.1, 0.15) is 18.5 Å². The Morgan fingerprint density at radius 2 is 1.83 bits per heavy atom. The van der Waals surface area contributed by atoms with Gasteiger partial charge in [0, 0.05) is 5.56 Å². The minimum Gasteiger partial charge on any atom is -0.434 e. The summed E-state index contributed by atoms with van der Waals surface area (Å²) in [6.07, 6.45) is -3.16. The molecule has 1 aromatic carbocycles. The molecule has 1 amide bonds. The molecule has 0 aliphatic carbocycles. The van der Waals surface area contributed by atoms with Gasteiger partial charge in [0.2, 0.25) is 0 Å². The minimum absolute atomic E-state index is 0.158. The van der Waals surface area contributed by atoms with Crippen molar-refractivity contribution >= 4 is 5.91 Å². The van der Waals surface area contributed by atoms with Gasteiger partial charge in [-0.05, 0) is 13.0 Å². The number of carbonyl (C=O) groups excluding carboxylic acids is 1. The highest BCUT2D eigenvalue weighted by Crippen LogP contribution is 2.26. The molecule has 100 valence electrons. The largest absolute Gasteiger partial charge is 0.434 e. The first-order chi connectivity index (χ1) is 8.41. The van der Waals surface area contributed by atoms with Crippen LogP contribution >= 0.6 is 0 Å². The number of para-hydroxylation sites is 1. The number of ether oxygens (including phenoxy) is 1. The number of nitrogens with one attached hydrogen (secondary N) is 1. The predicted molar refractivity (Wildman–Crippen MR) is 55.6 cm³/mol. The molecule has 1 atom stereocenters. The summed E-state index contributed by atoms with van der Waals surface area (Å²) in [4.78, 5) is 10.8. The van der Waals surface area contributed by atoms with Gasteiger partial charge in [0.25, 0.3) is 5.91 Å². The summed E-state index contributed by atoms with van der Waals surface area (Å²) in [5.74, 6) is -1.62. The van der Waals surface area contributed by atoms with Crippen molar-refractivity contribution in [1.29, 1.82) is 0 Å². The first kappa shape index (κ1) is 14.3. The van der Waals surface area contributed by atoms with Gasteiger partial charge in [-0.3, -0.25) is 4.79 Å². The SMILES string of the molecule is CC(NC(=O)C(F)F)c1ccccc1OC(F)F. The van der Waals surface area contributed by atoms with Crippen LogP contribution in [0.2, 0.25) is 0 Å². The maximum absolute atomic E-state index is 12.1. The summed E-state index contributed by atoms with van der Waals surface area (Å²) in [5, 5.41) is 2.00. The second-order valence-corrected chi connectivity index (χ2v) is 3.45. The van der Waals surface area contributed by atoms with E-state index in [2.05, 4.69) is 4.74 Å². The highest BCUT2D eigenvalue weighted by Gasteiger charge is 2.20. The number of benzene rings is 1. The first-order valence-corrected chi connectivity index (χ1v) is 5.04. The van der Waals surface area contributed by atoms with Gasteiger partial charge in [-0.2, -0.15) is 17.6 Å². The van der Waals surface area contributed by atoms with Crippen molar-refractivity contribution in [2.45, 2.75) is 26.0 Å². The molecule has 7 heteroatoms. The number of amides is 1. The van der Waals surface area contributed by atoms with Crippen LogP contribution in [0, 0.1) is 0 Å². The fraction of sp³-hybridized carbons (Fsp3) is 0.364. The molecule has 1 aromatic rings. The van der Waals surface area contributed by atoms with Gasteiger partial charge in [0.05, 0.1) is 6.04 Å². The van der Waals surface area contributed by atoms with Gasteiger partial charge in [0.15, 0.2) is 0 Å². The van der Waals surface area contributed by atoms with Crippen LogP contribution in [0.15, 0.2) is 24.3 Å². The van der Waals surface area contributed by atoms with Gasteiger partial charge in [-0.15, -0.1) is 0 Å². The molecule has 0 aliphatic heterocycles. The van der Waals surface area contributed by atoms with E-state index in [4.69, 9.17) is 0 Å². The molecule has 0 aliphatic rings. The zero-order chi connectivity index (χ0) is 13.7. The molecular formula is C11H11F4NO2. The Labute approximate surface area is 101 Å². The standard InChI is InChI=1S/C11H11F4NO2/c1-6(16-10(17)9(12)13)7-4-2-3-5-8(7)18-11(14)15/h2-6,9,11H,1H3,(H,16,17). The molecule has 18 heavy (non-hydrogen) atoms. The van der Waals surface area contributed by atoms with Crippen molar-refractivity contribution in [3.63, 3.8) is 0 Å². The van der Waals surface area contributed by atoms with E-state index in [9.17, 15) is 22.4 Å². The lowest BCUT2D eigenvalue weighted by Crippen LogP contribution is -2.32. The number of alkyl halides is 4. The molecule has 0 spiro atoms. The van der Waals surface area contributed by atoms with E-state index in [0.717, 1.165) is 0 Å². The third kappa shape index (κ3) is 3.90. The molecule has 0 bridgehead atoms. The average Bonchev–Trinajstić information content (AvgIpc) is 2.28. The van der Waals surface area contributed by atoms with Crippen LogP contribution < -0.4 is 10.1 Å². The van der Waals surface area contributed by atoms with E-state index >= 15 is 0 Å². The molecule has 1 unspecified atom stereocenters. The summed E-state index contributed by atoms with van der Waals surface area (Å²) < 4.78 is 52.6. The molecule has 0 aromatic heterocycles. The van der Waals surface area contributed by atoms with Gasteiger partial charge < -0.3 is 10.1 Å². The Bertz CT molecular complexity index is 412. The summed E-state index contributed by atoms with van der Waals surface area (Å²) >= 11 is 0. The lowest BCUT2D eigenvalue weighted by atomic mass is 10.1. The Balaban J connectivity index is 2.84. The van der Waals surface area contributed by atoms with Crippen molar-refractivity contribution in [1.82, 2.24) is 5.32 Å². The second-order valence-electron chi connectivity index (χ2n) is 3.45. The minimum atomic E-state index is -3.16. The highest BCUT2D eigenvalue weighted by molar-refractivity contribution is 5.79. The normalized spacial score (nSPS) is 12.6. The maximum atomic E-state index is 12.1. The van der Waals surface area contributed by atoms with Crippen molar-refractivity contribution < 1.29 is 27.1 Å². The van der Waals surface area contributed by atoms with E-state index in [1.165, 1.54) is 31.2 Å². The zero-order valence-corrected chi connectivity index (χ0v) is 9.37. The molecule has 3 nitrogen and oxygen atoms in total. The Morgan fingerprint density at radius 1 is 1.22 bits per heavy atom. The lowest BCUT2D eigenvalue weighted by Gasteiger charge is -2.17. The van der Waals surface area contributed by atoms with E-state index in [-0.39, 0.29) is 11.3 Å². The Hall–Kier alpha value is -1.79. The van der Waals surface area contributed by atoms with Crippen molar-refractivity contribution in [3.05, 3.63) is 29.8 Å². The molecule has 0 saturated carbocycles. The molecule has 1 rings (SSSR count). The molecule has 0 heterocycles. The van der Waals surface area contributed by atoms with Crippen molar-refractivity contribution in [3.8, 4) is 5.75 Å². The van der Waals surface area contributed by atoms with Gasteiger partial charge in [-0.25, -0.2) is 0 Å². The molecule has 0 saturated heterocycles. The van der Waals surface area contributed by atoms with Crippen molar-refractivity contribution in [2.75, 3.05) is 0 Å². The third-order valence-electron chi connectivity index (χ3n) is 2.16. The Kier molecular flexibility index (Phi) is 4.94. The van der Waals surface area contributed by atoms with Gasteiger partial charge in [-0.1, -0.05) is 18.2 Å². The van der Waals surface area contributed by atoms with Crippen LogP contribution in [0.4, 0.5) is 17.6 Å². The zero-order valence-electron chi connectivity index (χ0n) is 9.37. The van der Waals surface area contributed by atoms with Crippen LogP contribution in [0.3, 0.4) is 0 Å². The molecule has 0 fully saturated rings. The quantitative estimate of drug-likeness (QED) is 0.831. The number of hydrogen-bond donors (Lipinski definition) is 1. The van der Waals surface area contributed by atoms with E-state index in [1.807, 2.05) is 5.32 Å². The summed E-state index contributed by atoms with van der Waals surface area (Å²) in [7, 11) is 0. The second kappa shape index (κ2) is 6.23. The molecule has 0 radical (unpaired) electrons. The molecular weight excluding hydrogens is 254 g/mol. The summed E-state index contributed by atoms with van der Waals surface area (Å²) in [6.45, 7) is -1.63. The fourth-order valence-electron chi connectivity index (χ4n) is 1.40. The topological polar surface area (TPSA) is 38.3 Å². The van der Waals surface area contributed by atoms with Crippen LogP contribution in [-0.2, 0) is 4.79 Å². The monoisotopic (exact) mass is 265 g/mol. The lowest BCUT2D eigenvalue weighted by molar-refractivity contribution is -0.132. The third-order valence-corrected chi connectivity index (χ3v) is 2.16.